The summed E-state index contributed by atoms with van der Waals surface area (Å²) in [5.41, 5.74) is 1.97. The molecule has 0 saturated carbocycles. The molecule has 1 aliphatic rings. The molecule has 0 aliphatic carbocycles. The van der Waals surface area contributed by atoms with Crippen LogP contribution in [0.3, 0.4) is 0 Å². The molecule has 5 heteroatoms. The molecule has 130 valence electrons. The van der Waals surface area contributed by atoms with Gasteiger partial charge in [0.2, 0.25) is 0 Å². The average molecular weight is 346 g/mol. The molecule has 1 aromatic heterocycles. The number of hydrogen-bond donors (Lipinski definition) is 0. The number of esters is 1. The van der Waals surface area contributed by atoms with Gasteiger partial charge in [0.15, 0.2) is 0 Å². The molecule has 0 saturated heterocycles. The molecule has 2 heterocycles. The first-order valence-electron chi connectivity index (χ1n) is 8.64. The molecule has 3 aromatic rings. The van der Waals surface area contributed by atoms with E-state index in [1.54, 1.807) is 28.8 Å². The van der Waals surface area contributed by atoms with Gasteiger partial charge in [-0.3, -0.25) is 9.36 Å². The van der Waals surface area contributed by atoms with Gasteiger partial charge in [0, 0.05) is 13.0 Å². The molecule has 0 unspecified atom stereocenters. The van der Waals surface area contributed by atoms with Gasteiger partial charge in [-0.05, 0) is 36.3 Å². The van der Waals surface area contributed by atoms with Crippen molar-refractivity contribution in [1.82, 2.24) is 9.55 Å². The maximum atomic E-state index is 12.4. The van der Waals surface area contributed by atoms with Crippen LogP contribution in [0.5, 0.6) is 0 Å². The van der Waals surface area contributed by atoms with E-state index in [2.05, 4.69) is 4.98 Å². The highest BCUT2D eigenvalue weighted by atomic mass is 16.5. The summed E-state index contributed by atoms with van der Waals surface area (Å²) in [4.78, 5) is 29.2. The number of hydrogen-bond acceptors (Lipinski definition) is 4. The third-order valence-electron chi connectivity index (χ3n) is 4.47. The molecule has 2 aromatic carbocycles. The van der Waals surface area contributed by atoms with Crippen LogP contribution in [0, 0.1) is 0 Å². The minimum Gasteiger partial charge on any atom is -0.458 e. The van der Waals surface area contributed by atoms with Crippen LogP contribution in [-0.2, 0) is 17.7 Å². The van der Waals surface area contributed by atoms with Gasteiger partial charge in [-0.15, -0.1) is 0 Å². The summed E-state index contributed by atoms with van der Waals surface area (Å²) in [6.07, 6.45) is 5.43. The molecule has 26 heavy (non-hydrogen) atoms. The zero-order valence-electron chi connectivity index (χ0n) is 14.2. The van der Waals surface area contributed by atoms with Gasteiger partial charge < -0.3 is 4.74 Å². The van der Waals surface area contributed by atoms with E-state index in [4.69, 9.17) is 4.74 Å². The van der Waals surface area contributed by atoms with Crippen LogP contribution in [-0.4, -0.2) is 22.1 Å². The number of aryl methyl sites for hydroxylation is 1. The van der Waals surface area contributed by atoms with E-state index in [-0.39, 0.29) is 12.2 Å². The fraction of sp³-hybridized carbons (Fsp3) is 0.190. The number of benzene rings is 2. The predicted octanol–water partition coefficient (Wildman–Crippen LogP) is 3.21. The Hall–Kier alpha value is -3.21. The molecule has 5 nitrogen and oxygen atoms in total. The molecule has 0 radical (unpaired) electrons. The number of carbonyl (C=O) groups excluding carboxylic acids is 1. The molecule has 4 rings (SSSR count). The van der Waals surface area contributed by atoms with Crippen molar-refractivity contribution < 1.29 is 9.53 Å². The van der Waals surface area contributed by atoms with Crippen molar-refractivity contribution in [2.75, 3.05) is 6.61 Å². The second-order valence-electron chi connectivity index (χ2n) is 6.23. The van der Waals surface area contributed by atoms with E-state index in [0.717, 1.165) is 24.2 Å². The Morgan fingerprint density at radius 3 is 2.88 bits per heavy atom. The summed E-state index contributed by atoms with van der Waals surface area (Å²) in [5.74, 6) is 0.367. The Morgan fingerprint density at radius 2 is 2.04 bits per heavy atom. The summed E-state index contributed by atoms with van der Waals surface area (Å²) in [7, 11) is 0. The van der Waals surface area contributed by atoms with Crippen molar-refractivity contribution in [2.24, 2.45) is 0 Å². The lowest BCUT2D eigenvalue weighted by molar-refractivity contribution is 0.0550. The minimum absolute atomic E-state index is 0.0341. The van der Waals surface area contributed by atoms with E-state index in [1.807, 2.05) is 36.4 Å². The van der Waals surface area contributed by atoms with Gasteiger partial charge in [0.05, 0.1) is 16.5 Å². The molecule has 0 fully saturated rings. The van der Waals surface area contributed by atoms with E-state index < -0.39 is 5.97 Å². The maximum absolute atomic E-state index is 12.4. The van der Waals surface area contributed by atoms with Crippen LogP contribution < -0.4 is 5.56 Å². The first kappa shape index (κ1) is 16.3. The fourth-order valence-electron chi connectivity index (χ4n) is 3.17. The Morgan fingerprint density at radius 1 is 1.19 bits per heavy atom. The fourth-order valence-corrected chi connectivity index (χ4v) is 3.17. The third-order valence-corrected chi connectivity index (χ3v) is 4.47. The molecule has 0 spiro atoms. The predicted molar refractivity (Wildman–Crippen MR) is 100 cm³/mol. The summed E-state index contributed by atoms with van der Waals surface area (Å²) < 4.78 is 7.00. The summed E-state index contributed by atoms with van der Waals surface area (Å²) >= 11 is 0. The van der Waals surface area contributed by atoms with Gasteiger partial charge in [-0.25, -0.2) is 9.78 Å². The average Bonchev–Trinajstić information content (AvgIpc) is 3.14. The van der Waals surface area contributed by atoms with Crippen molar-refractivity contribution in [2.45, 2.75) is 19.4 Å². The quantitative estimate of drug-likeness (QED) is 0.681. The Kier molecular flexibility index (Phi) is 4.35. The van der Waals surface area contributed by atoms with Gasteiger partial charge in [-0.2, -0.15) is 0 Å². The van der Waals surface area contributed by atoms with Gasteiger partial charge in [0.1, 0.15) is 12.4 Å². The molecular formula is C21H18N2O3. The highest BCUT2D eigenvalue weighted by Crippen LogP contribution is 2.16. The number of nitrogens with zero attached hydrogens (tertiary/aromatic N) is 2. The van der Waals surface area contributed by atoms with Crippen LogP contribution in [0.25, 0.3) is 17.0 Å². The Bertz CT molecular complexity index is 1050. The SMILES string of the molecule is O=C(OC/C=C/c1ccccc1)c1ccc2c(=O)n3c(nc2c1)CCC3. The van der Waals surface area contributed by atoms with Crippen molar-refractivity contribution in [3.05, 3.63) is 81.9 Å². The molecule has 0 amide bonds. The van der Waals surface area contributed by atoms with Crippen LogP contribution in [0.4, 0.5) is 0 Å². The molecule has 0 atom stereocenters. The zero-order valence-corrected chi connectivity index (χ0v) is 14.2. The van der Waals surface area contributed by atoms with Crippen molar-refractivity contribution >= 4 is 22.9 Å². The lowest BCUT2D eigenvalue weighted by atomic mass is 10.1. The van der Waals surface area contributed by atoms with E-state index in [9.17, 15) is 9.59 Å². The largest absolute Gasteiger partial charge is 0.458 e. The summed E-state index contributed by atoms with van der Waals surface area (Å²) in [6, 6.07) is 14.7. The number of carbonyl (C=O) groups is 1. The maximum Gasteiger partial charge on any atom is 0.338 e. The standard InChI is InChI=1S/C21H18N2O3/c24-20-17-11-10-16(14-18(17)22-19-9-4-12-23(19)20)21(25)26-13-5-8-15-6-2-1-3-7-15/h1-3,5-8,10-11,14H,4,9,12-13H2/b8-5+. The minimum atomic E-state index is -0.424. The molecule has 1 aliphatic heterocycles. The van der Waals surface area contributed by atoms with Gasteiger partial charge in [-0.1, -0.05) is 36.4 Å². The van der Waals surface area contributed by atoms with Crippen LogP contribution in [0.15, 0.2) is 59.4 Å². The smallest absolute Gasteiger partial charge is 0.338 e. The zero-order chi connectivity index (χ0) is 17.9. The molecule has 0 bridgehead atoms. The second kappa shape index (κ2) is 6.96. The molecule has 0 N–H and O–H groups in total. The van der Waals surface area contributed by atoms with Crippen LogP contribution in [0.2, 0.25) is 0 Å². The van der Waals surface area contributed by atoms with Crippen molar-refractivity contribution in [3.63, 3.8) is 0 Å². The topological polar surface area (TPSA) is 61.2 Å². The monoisotopic (exact) mass is 346 g/mol. The normalized spacial score (nSPS) is 13.2. The van der Waals surface area contributed by atoms with E-state index in [0.29, 0.717) is 23.0 Å². The first-order chi connectivity index (χ1) is 12.7. The summed E-state index contributed by atoms with van der Waals surface area (Å²) in [6.45, 7) is 0.903. The van der Waals surface area contributed by atoms with Crippen molar-refractivity contribution in [1.29, 1.82) is 0 Å². The Labute approximate surface area is 150 Å². The number of aromatic nitrogens is 2. The lowest BCUT2D eigenvalue weighted by Crippen LogP contribution is -2.21. The first-order valence-corrected chi connectivity index (χ1v) is 8.64. The highest BCUT2D eigenvalue weighted by molar-refractivity contribution is 5.94. The molecular weight excluding hydrogens is 328 g/mol. The van der Waals surface area contributed by atoms with E-state index in [1.165, 1.54) is 0 Å². The third kappa shape index (κ3) is 3.16. The number of ether oxygens (including phenoxy) is 1. The number of rotatable bonds is 4. The van der Waals surface area contributed by atoms with Crippen molar-refractivity contribution in [3.8, 4) is 0 Å². The van der Waals surface area contributed by atoms with E-state index >= 15 is 0 Å². The number of fused-ring (bicyclic) bond motifs is 2. The van der Waals surface area contributed by atoms with Crippen LogP contribution in [0.1, 0.15) is 28.2 Å². The van der Waals surface area contributed by atoms with Gasteiger partial charge >= 0.3 is 5.97 Å². The highest BCUT2D eigenvalue weighted by Gasteiger charge is 2.17. The summed E-state index contributed by atoms with van der Waals surface area (Å²) in [5, 5.41) is 0.538. The second-order valence-corrected chi connectivity index (χ2v) is 6.23. The lowest BCUT2D eigenvalue weighted by Gasteiger charge is -2.06. The van der Waals surface area contributed by atoms with Crippen LogP contribution >= 0.6 is 0 Å². The Balaban J connectivity index is 1.49. The van der Waals surface area contributed by atoms with Gasteiger partial charge in [0.25, 0.3) is 5.56 Å².